The van der Waals surface area contributed by atoms with E-state index in [1.54, 1.807) is 36.4 Å². The smallest absolute Gasteiger partial charge is 0.255 e. The van der Waals surface area contributed by atoms with Crippen LogP contribution >= 0.6 is 0 Å². The van der Waals surface area contributed by atoms with E-state index in [0.717, 1.165) is 57.5 Å². The molecule has 3 aliphatic heterocycles. The van der Waals surface area contributed by atoms with Gasteiger partial charge < -0.3 is 34.5 Å². The number of ketones is 1. The van der Waals surface area contributed by atoms with Gasteiger partial charge in [0, 0.05) is 104 Å². The van der Waals surface area contributed by atoms with Gasteiger partial charge in [0.2, 0.25) is 11.8 Å². The zero-order valence-electron chi connectivity index (χ0n) is 37.5. The van der Waals surface area contributed by atoms with Crippen molar-refractivity contribution in [2.24, 2.45) is 16.2 Å². The number of Topliss-reactive ketones (excluding diaryl/α,β-unsaturated/α-hetero) is 1. The van der Waals surface area contributed by atoms with E-state index in [4.69, 9.17) is 18.9 Å². The number of methoxy groups -OCH3 is 2. The van der Waals surface area contributed by atoms with E-state index in [-0.39, 0.29) is 64.7 Å². The van der Waals surface area contributed by atoms with Crippen molar-refractivity contribution in [1.29, 1.82) is 5.26 Å². The number of benzene rings is 3. The summed E-state index contributed by atoms with van der Waals surface area (Å²) in [5, 5.41) is 17.6. The molecule has 3 N–H and O–H groups in total. The maximum absolute atomic E-state index is 13.6. The Morgan fingerprint density at radius 2 is 1.45 bits per heavy atom. The van der Waals surface area contributed by atoms with Gasteiger partial charge in [-0.1, -0.05) is 27.7 Å². The molecule has 2 saturated carbocycles. The third-order valence-corrected chi connectivity index (χ3v) is 14.5. The molecule has 64 heavy (non-hydrogen) atoms. The van der Waals surface area contributed by atoms with Crippen molar-refractivity contribution in [3.8, 4) is 29.1 Å². The number of carbonyl (C=O) groups excluding carboxylic acids is 5. The van der Waals surface area contributed by atoms with Gasteiger partial charge in [0.25, 0.3) is 11.8 Å². The van der Waals surface area contributed by atoms with Crippen LogP contribution in [0.25, 0.3) is 0 Å². The topological polar surface area (TPSA) is 189 Å². The summed E-state index contributed by atoms with van der Waals surface area (Å²) >= 11 is 0. The van der Waals surface area contributed by atoms with Crippen molar-refractivity contribution >= 4 is 35.1 Å². The highest BCUT2D eigenvalue weighted by Crippen LogP contribution is 2.56. The Morgan fingerprint density at radius 3 is 2.11 bits per heavy atom. The minimum Gasteiger partial charge on any atom is -0.496 e. The fourth-order valence-corrected chi connectivity index (χ4v) is 10.9. The number of amides is 4. The Hall–Kier alpha value is -6.14. The largest absolute Gasteiger partial charge is 0.496 e. The summed E-state index contributed by atoms with van der Waals surface area (Å²) in [5.41, 5.74) is 1.18. The number of carbonyl (C=O) groups is 5. The van der Waals surface area contributed by atoms with Crippen molar-refractivity contribution in [3.05, 3.63) is 77.4 Å². The van der Waals surface area contributed by atoms with Crippen molar-refractivity contribution in [2.75, 3.05) is 45.3 Å². The lowest BCUT2D eigenvalue weighted by Gasteiger charge is -2.63. The molecule has 2 aliphatic carbocycles. The fraction of sp³-hybridized carbons (Fsp3) is 0.510. The second kappa shape index (κ2) is 17.4. The average molecular weight is 875 g/mol. The van der Waals surface area contributed by atoms with Gasteiger partial charge in [-0.3, -0.25) is 34.2 Å². The van der Waals surface area contributed by atoms with E-state index >= 15 is 0 Å². The summed E-state index contributed by atoms with van der Waals surface area (Å²) in [5.74, 6) is 0.839. The van der Waals surface area contributed by atoms with Gasteiger partial charge in [0.05, 0.1) is 25.3 Å². The highest BCUT2D eigenvalue weighted by Gasteiger charge is 2.64. The van der Waals surface area contributed by atoms with E-state index in [2.05, 4.69) is 59.5 Å². The first-order valence-corrected chi connectivity index (χ1v) is 22.2. The molecule has 4 amide bonds. The van der Waals surface area contributed by atoms with Crippen molar-refractivity contribution < 1.29 is 42.9 Å². The molecule has 1 spiro atoms. The van der Waals surface area contributed by atoms with E-state index < -0.39 is 17.9 Å². The highest BCUT2D eigenvalue weighted by molar-refractivity contribution is 6.04. The van der Waals surface area contributed by atoms with Gasteiger partial charge in [0.15, 0.2) is 0 Å². The molecule has 5 fully saturated rings. The van der Waals surface area contributed by atoms with Crippen LogP contribution in [0.15, 0.2) is 60.7 Å². The molecule has 5 aliphatic rings. The summed E-state index contributed by atoms with van der Waals surface area (Å²) in [6.07, 6.45) is 3.92. The summed E-state index contributed by atoms with van der Waals surface area (Å²) in [4.78, 5) is 68.6. The van der Waals surface area contributed by atoms with E-state index in [1.165, 1.54) is 14.2 Å². The summed E-state index contributed by atoms with van der Waals surface area (Å²) in [6.45, 7) is 11.4. The predicted octanol–water partition coefficient (Wildman–Crippen LogP) is 5.19. The maximum atomic E-state index is 13.6. The number of nitrogens with zero attached hydrogens (tertiary/aromatic N) is 3. The molecule has 3 aromatic rings. The molecule has 3 heterocycles. The molecule has 8 rings (SSSR count). The summed E-state index contributed by atoms with van der Waals surface area (Å²) in [7, 11) is 3.00. The van der Waals surface area contributed by atoms with Crippen LogP contribution in [0.2, 0.25) is 0 Å². The first-order valence-electron chi connectivity index (χ1n) is 22.2. The fourth-order valence-electron chi connectivity index (χ4n) is 10.9. The predicted molar refractivity (Wildman–Crippen MR) is 237 cm³/mol. The van der Waals surface area contributed by atoms with E-state index in [0.29, 0.717) is 52.4 Å². The molecule has 0 aromatic heterocycles. The Kier molecular flexibility index (Phi) is 12.1. The van der Waals surface area contributed by atoms with Crippen LogP contribution in [0, 0.1) is 27.6 Å². The van der Waals surface area contributed by atoms with Crippen LogP contribution in [0.3, 0.4) is 0 Å². The second-order valence-corrected chi connectivity index (χ2v) is 19.2. The monoisotopic (exact) mass is 874 g/mol. The minimum atomic E-state index is -0.792. The molecule has 0 bridgehead atoms. The molecular weight excluding hydrogens is 817 g/mol. The third-order valence-electron chi connectivity index (χ3n) is 14.5. The van der Waals surface area contributed by atoms with Crippen LogP contribution in [0.5, 0.6) is 23.0 Å². The Morgan fingerprint density at radius 1 is 0.797 bits per heavy atom. The standard InChI is InChI=1S/C49H58N6O9/c1-47(2)45(48(3,4)46(47)64-34-12-9-30(27-50)38(25-34)61-5)53-42(58)29-7-10-31(11-8-29)54-21-18-49(19-22-54)28-55(20-17-40(49)56)32-23-35(24-32)63-33-13-14-36(39(26-33)62-6)43(59)51-37-15-16-41(57)52-44(37)60/h7-14,25-26,32,35,37,45-46H,15-24,28H2,1-6H3,(H,51,59)(H,53,58)(H,52,57,60)/t32?,35?,37-,45?,46?/m0/s1. The van der Waals surface area contributed by atoms with E-state index in [9.17, 15) is 29.2 Å². The van der Waals surface area contributed by atoms with Gasteiger partial charge in [0.1, 0.15) is 53.1 Å². The van der Waals surface area contributed by atoms with Crippen LogP contribution < -0.4 is 39.8 Å². The third kappa shape index (κ3) is 8.47. The Balaban J connectivity index is 0.807. The molecule has 15 nitrogen and oxygen atoms in total. The van der Waals surface area contributed by atoms with Crippen molar-refractivity contribution in [2.45, 2.75) is 103 Å². The molecule has 0 radical (unpaired) electrons. The number of imide groups is 1. The molecule has 1 atom stereocenters. The first-order chi connectivity index (χ1) is 30.5. The molecule has 3 saturated heterocycles. The minimum absolute atomic E-state index is 0.0129. The van der Waals surface area contributed by atoms with Crippen LogP contribution in [-0.2, 0) is 14.4 Å². The number of likely N-dealkylation sites (tertiary alicyclic amines) is 1. The number of hydrogen-bond acceptors (Lipinski definition) is 12. The summed E-state index contributed by atoms with van der Waals surface area (Å²) in [6, 6.07) is 19.5. The Labute approximate surface area is 374 Å². The number of ether oxygens (including phenoxy) is 4. The van der Waals surface area contributed by atoms with Gasteiger partial charge >= 0.3 is 0 Å². The lowest BCUT2D eigenvalue weighted by Crippen LogP contribution is -2.74. The molecule has 3 aromatic carbocycles. The number of nitriles is 1. The summed E-state index contributed by atoms with van der Waals surface area (Å²) < 4.78 is 23.6. The normalized spacial score (nSPS) is 25.7. The number of rotatable bonds is 12. The first kappa shape index (κ1) is 44.5. The highest BCUT2D eigenvalue weighted by atomic mass is 16.5. The SMILES string of the molecule is COc1cc(OC2C(C)(C)C(NC(=O)c3ccc(N4CCC5(CC4)CN(C4CC(Oc6ccc(C(=O)N[C@H]7CCC(=O)NC7=O)c(OC)c6)C4)CCC5=O)cc3)C2(C)C)ccc1C#N. The van der Waals surface area contributed by atoms with Gasteiger partial charge in [-0.2, -0.15) is 5.26 Å². The van der Waals surface area contributed by atoms with Crippen LogP contribution in [-0.4, -0.2) is 105 Å². The van der Waals surface area contributed by atoms with Gasteiger partial charge in [-0.15, -0.1) is 0 Å². The molecule has 338 valence electrons. The maximum Gasteiger partial charge on any atom is 0.255 e. The molecule has 0 unspecified atom stereocenters. The number of nitrogens with one attached hydrogen (secondary N) is 3. The zero-order chi connectivity index (χ0) is 45.6. The number of piperidine rings is 3. The second-order valence-electron chi connectivity index (χ2n) is 19.2. The van der Waals surface area contributed by atoms with Crippen LogP contribution in [0.4, 0.5) is 5.69 Å². The Bertz CT molecular complexity index is 2340. The lowest BCUT2D eigenvalue weighted by atomic mass is 9.49. The lowest BCUT2D eigenvalue weighted by molar-refractivity contribution is -0.164. The van der Waals surface area contributed by atoms with Crippen molar-refractivity contribution in [3.63, 3.8) is 0 Å². The average Bonchev–Trinajstić information content (AvgIpc) is 3.27. The van der Waals surface area contributed by atoms with Crippen molar-refractivity contribution in [1.82, 2.24) is 20.9 Å². The number of hydrogen-bond donors (Lipinski definition) is 3. The number of anilines is 1. The molecular formula is C49H58N6O9. The molecule has 15 heteroatoms. The quantitative estimate of drug-likeness (QED) is 0.202. The zero-order valence-corrected chi connectivity index (χ0v) is 37.5. The van der Waals surface area contributed by atoms with Gasteiger partial charge in [-0.05, 0) is 67.8 Å². The van der Waals surface area contributed by atoms with Gasteiger partial charge in [-0.25, -0.2) is 0 Å². The van der Waals surface area contributed by atoms with E-state index in [1.807, 2.05) is 24.3 Å². The van der Waals surface area contributed by atoms with Crippen LogP contribution in [0.1, 0.15) is 98.9 Å².